The minimum atomic E-state index is 0.794. The van der Waals surface area contributed by atoms with Crippen LogP contribution in [0.15, 0.2) is 66.7 Å². The molecule has 0 heterocycles. The van der Waals surface area contributed by atoms with Crippen LogP contribution in [-0.4, -0.2) is 0 Å². The van der Waals surface area contributed by atoms with Crippen LogP contribution in [0.2, 0.25) is 5.02 Å². The Balaban J connectivity index is 2.11. The lowest BCUT2D eigenvalue weighted by molar-refractivity contribution is 1.70. The fraction of sp³-hybridized carbons (Fsp3) is 0. The van der Waals surface area contributed by atoms with Gasteiger partial charge in [-0.1, -0.05) is 60.1 Å². The summed E-state index contributed by atoms with van der Waals surface area (Å²) in [7, 11) is 0. The summed E-state index contributed by atoms with van der Waals surface area (Å²) in [5.41, 5.74) is 5.19. The molecule has 0 amide bonds. The van der Waals surface area contributed by atoms with Gasteiger partial charge in [0, 0.05) is 5.02 Å². The SMILES string of the molecule is Clc1ccc2c(c1)-c1cccc3cc4ccccc4c-2c13. The Kier molecular flexibility index (Phi) is 2.09. The van der Waals surface area contributed by atoms with Crippen LogP contribution in [0.4, 0.5) is 0 Å². The van der Waals surface area contributed by atoms with Crippen molar-refractivity contribution < 1.29 is 0 Å². The molecule has 0 unspecified atom stereocenters. The average Bonchev–Trinajstić information content (AvgIpc) is 2.84. The zero-order valence-electron chi connectivity index (χ0n) is 11.2. The first-order valence-electron chi connectivity index (χ1n) is 7.08. The Morgan fingerprint density at radius 2 is 1.48 bits per heavy atom. The second kappa shape index (κ2) is 3.87. The van der Waals surface area contributed by atoms with E-state index in [9.17, 15) is 0 Å². The molecule has 5 rings (SSSR count). The molecular weight excluding hydrogens is 276 g/mol. The van der Waals surface area contributed by atoms with Gasteiger partial charge >= 0.3 is 0 Å². The van der Waals surface area contributed by atoms with E-state index in [1.54, 1.807) is 0 Å². The van der Waals surface area contributed by atoms with Gasteiger partial charge in [0.05, 0.1) is 0 Å². The predicted molar refractivity (Wildman–Crippen MR) is 90.9 cm³/mol. The third kappa shape index (κ3) is 1.40. The van der Waals surface area contributed by atoms with E-state index in [1.165, 1.54) is 43.8 Å². The summed E-state index contributed by atoms with van der Waals surface area (Å²) in [5, 5.41) is 6.06. The number of hydrogen-bond donors (Lipinski definition) is 0. The van der Waals surface area contributed by atoms with Gasteiger partial charge in [-0.05, 0) is 62.0 Å². The van der Waals surface area contributed by atoms with Crippen LogP contribution in [0.1, 0.15) is 0 Å². The first-order valence-corrected chi connectivity index (χ1v) is 7.45. The second-order valence-corrected chi connectivity index (χ2v) is 6.00. The van der Waals surface area contributed by atoms with Gasteiger partial charge in [0.1, 0.15) is 0 Å². The van der Waals surface area contributed by atoms with Gasteiger partial charge in [0.2, 0.25) is 0 Å². The molecule has 0 saturated heterocycles. The molecule has 98 valence electrons. The summed E-state index contributed by atoms with van der Waals surface area (Å²) in [5.74, 6) is 0. The lowest BCUT2D eigenvalue weighted by Crippen LogP contribution is -1.80. The van der Waals surface area contributed by atoms with Crippen LogP contribution in [0.3, 0.4) is 0 Å². The Bertz CT molecular complexity index is 1040. The molecule has 0 spiro atoms. The average molecular weight is 287 g/mol. The molecule has 0 radical (unpaired) electrons. The van der Waals surface area contributed by atoms with Crippen molar-refractivity contribution in [2.45, 2.75) is 0 Å². The Hall–Kier alpha value is -2.31. The third-order valence-electron chi connectivity index (χ3n) is 4.43. The van der Waals surface area contributed by atoms with Gasteiger partial charge in [-0.15, -0.1) is 0 Å². The summed E-state index contributed by atoms with van der Waals surface area (Å²) in [6.45, 7) is 0. The number of benzene rings is 4. The van der Waals surface area contributed by atoms with E-state index in [-0.39, 0.29) is 0 Å². The first kappa shape index (κ1) is 11.4. The summed E-state index contributed by atoms with van der Waals surface area (Å²) < 4.78 is 0. The first-order chi connectivity index (χ1) is 10.3. The van der Waals surface area contributed by atoms with E-state index in [0.717, 1.165) is 5.02 Å². The lowest BCUT2D eigenvalue weighted by Gasteiger charge is -2.07. The highest BCUT2D eigenvalue weighted by molar-refractivity contribution is 6.32. The van der Waals surface area contributed by atoms with Crippen LogP contribution in [0.5, 0.6) is 0 Å². The van der Waals surface area contributed by atoms with E-state index in [4.69, 9.17) is 11.6 Å². The smallest absolute Gasteiger partial charge is 0.0412 e. The Morgan fingerprint density at radius 3 is 2.43 bits per heavy atom. The maximum atomic E-state index is 6.22. The fourth-order valence-electron chi connectivity index (χ4n) is 3.58. The van der Waals surface area contributed by atoms with Crippen molar-refractivity contribution in [3.05, 3.63) is 71.8 Å². The zero-order valence-corrected chi connectivity index (χ0v) is 12.0. The molecule has 0 aliphatic heterocycles. The topological polar surface area (TPSA) is 0 Å². The molecule has 0 atom stereocenters. The zero-order chi connectivity index (χ0) is 14.0. The summed E-state index contributed by atoms with van der Waals surface area (Å²) in [6.07, 6.45) is 0. The maximum Gasteiger partial charge on any atom is 0.0412 e. The second-order valence-electron chi connectivity index (χ2n) is 5.57. The van der Waals surface area contributed by atoms with Gasteiger partial charge in [-0.3, -0.25) is 0 Å². The van der Waals surface area contributed by atoms with E-state index in [0.29, 0.717) is 0 Å². The number of hydrogen-bond acceptors (Lipinski definition) is 0. The van der Waals surface area contributed by atoms with Crippen LogP contribution in [-0.2, 0) is 0 Å². The molecule has 4 aromatic carbocycles. The van der Waals surface area contributed by atoms with E-state index in [2.05, 4.69) is 60.7 Å². The van der Waals surface area contributed by atoms with Crippen molar-refractivity contribution in [3.8, 4) is 22.3 Å². The van der Waals surface area contributed by atoms with Crippen molar-refractivity contribution in [2.24, 2.45) is 0 Å². The van der Waals surface area contributed by atoms with Gasteiger partial charge < -0.3 is 0 Å². The molecule has 1 aliphatic carbocycles. The number of fused-ring (bicyclic) bond motifs is 5. The van der Waals surface area contributed by atoms with Crippen molar-refractivity contribution in [1.82, 2.24) is 0 Å². The van der Waals surface area contributed by atoms with Gasteiger partial charge in [0.25, 0.3) is 0 Å². The van der Waals surface area contributed by atoms with Crippen LogP contribution in [0.25, 0.3) is 43.8 Å². The van der Waals surface area contributed by atoms with Gasteiger partial charge in [0.15, 0.2) is 0 Å². The van der Waals surface area contributed by atoms with Crippen molar-refractivity contribution >= 4 is 33.1 Å². The van der Waals surface area contributed by atoms with E-state index < -0.39 is 0 Å². The Morgan fingerprint density at radius 1 is 0.619 bits per heavy atom. The molecule has 0 bridgehead atoms. The number of halogens is 1. The summed E-state index contributed by atoms with van der Waals surface area (Å²) in [4.78, 5) is 0. The highest BCUT2D eigenvalue weighted by Gasteiger charge is 2.23. The van der Waals surface area contributed by atoms with Crippen LogP contribution < -0.4 is 0 Å². The minimum absolute atomic E-state index is 0.794. The molecule has 0 aromatic heterocycles. The largest absolute Gasteiger partial charge is 0.0843 e. The van der Waals surface area contributed by atoms with Crippen molar-refractivity contribution in [1.29, 1.82) is 0 Å². The molecule has 1 aliphatic rings. The summed E-state index contributed by atoms with van der Waals surface area (Å²) >= 11 is 6.22. The molecular formula is C20H11Cl. The number of rotatable bonds is 0. The predicted octanol–water partition coefficient (Wildman–Crippen LogP) is 6.29. The monoisotopic (exact) mass is 286 g/mol. The maximum absolute atomic E-state index is 6.22. The lowest BCUT2D eigenvalue weighted by atomic mass is 9.96. The highest BCUT2D eigenvalue weighted by atomic mass is 35.5. The van der Waals surface area contributed by atoms with E-state index >= 15 is 0 Å². The molecule has 21 heavy (non-hydrogen) atoms. The van der Waals surface area contributed by atoms with Crippen molar-refractivity contribution in [2.75, 3.05) is 0 Å². The molecule has 0 fully saturated rings. The standard InChI is InChI=1S/C20H11Cl/c21-14-8-9-17-18(11-14)16-7-3-5-13-10-12-4-1-2-6-15(12)20(17)19(13)16/h1-11H. The molecule has 0 nitrogen and oxygen atoms in total. The molecule has 4 aromatic rings. The van der Waals surface area contributed by atoms with Crippen molar-refractivity contribution in [3.63, 3.8) is 0 Å². The normalized spacial score (nSPS) is 12.0. The molecule has 0 saturated carbocycles. The molecule has 1 heteroatoms. The quantitative estimate of drug-likeness (QED) is 0.293. The van der Waals surface area contributed by atoms with Gasteiger partial charge in [-0.2, -0.15) is 0 Å². The Labute approximate surface area is 127 Å². The minimum Gasteiger partial charge on any atom is -0.0843 e. The van der Waals surface area contributed by atoms with E-state index in [1.807, 2.05) is 6.07 Å². The van der Waals surface area contributed by atoms with Gasteiger partial charge in [-0.25, -0.2) is 0 Å². The summed E-state index contributed by atoms with van der Waals surface area (Å²) in [6, 6.07) is 23.6. The molecule has 0 N–H and O–H groups in total. The third-order valence-corrected chi connectivity index (χ3v) is 4.66. The van der Waals surface area contributed by atoms with Crippen LogP contribution in [0, 0.1) is 0 Å². The van der Waals surface area contributed by atoms with Crippen LogP contribution >= 0.6 is 11.6 Å². The fourth-order valence-corrected chi connectivity index (χ4v) is 3.76. The highest BCUT2D eigenvalue weighted by Crippen LogP contribution is 2.50.